The van der Waals surface area contributed by atoms with E-state index in [2.05, 4.69) is 5.32 Å². The zero-order valence-corrected chi connectivity index (χ0v) is 15.0. The molecule has 2 aromatic rings. The predicted molar refractivity (Wildman–Crippen MR) is 96.0 cm³/mol. The van der Waals surface area contributed by atoms with Crippen LogP contribution < -0.4 is 10.2 Å². The topological polar surface area (TPSA) is 77.4 Å². The Hall–Kier alpha value is -2.41. The highest BCUT2D eigenvalue weighted by Crippen LogP contribution is 2.25. The van der Waals surface area contributed by atoms with Gasteiger partial charge in [-0.3, -0.25) is 19.0 Å². The largest absolute Gasteiger partial charge is 0.451 e. The Labute approximate surface area is 149 Å². The van der Waals surface area contributed by atoms with Gasteiger partial charge >= 0.3 is 10.8 Å². The number of hydrogen-bond donors (Lipinski definition) is 1. The molecule has 6 nitrogen and oxygen atoms in total. The monoisotopic (exact) mass is 360 g/mol. The predicted octanol–water partition coefficient (Wildman–Crippen LogP) is 2.28. The summed E-state index contributed by atoms with van der Waals surface area (Å²) in [5.74, 6) is -0.999. The Morgan fingerprint density at radius 2 is 2.08 bits per heavy atom. The fourth-order valence-corrected chi connectivity index (χ4v) is 3.64. The van der Waals surface area contributed by atoms with Crippen LogP contribution in [-0.4, -0.2) is 22.5 Å². The summed E-state index contributed by atoms with van der Waals surface area (Å²) in [5, 5.41) is 4.46. The van der Waals surface area contributed by atoms with Crippen LogP contribution in [0.15, 0.2) is 28.4 Å². The third-order valence-electron chi connectivity index (χ3n) is 4.31. The van der Waals surface area contributed by atoms with Crippen molar-refractivity contribution in [2.45, 2.75) is 45.8 Å². The van der Waals surface area contributed by atoms with Gasteiger partial charge in [-0.25, -0.2) is 0 Å². The van der Waals surface area contributed by atoms with Crippen LogP contribution in [0.4, 0.5) is 5.69 Å². The summed E-state index contributed by atoms with van der Waals surface area (Å²) in [6.07, 6.45) is 2.31. The molecular formula is C18H20N2O4S. The van der Waals surface area contributed by atoms with Crippen LogP contribution in [-0.2, 0) is 33.7 Å². The number of thiazole rings is 1. The molecule has 25 heavy (non-hydrogen) atoms. The Morgan fingerprint density at radius 3 is 2.80 bits per heavy atom. The summed E-state index contributed by atoms with van der Waals surface area (Å²) in [5.41, 5.74) is 3.99. The molecule has 3 rings (SSSR count). The van der Waals surface area contributed by atoms with Crippen molar-refractivity contribution in [1.82, 2.24) is 4.57 Å². The molecule has 1 aliphatic rings. The summed E-state index contributed by atoms with van der Waals surface area (Å²) in [7, 11) is 0. The lowest BCUT2D eigenvalue weighted by Crippen LogP contribution is -2.32. The molecule has 0 bridgehead atoms. The lowest BCUT2D eigenvalue weighted by Gasteiger charge is -2.14. The molecule has 0 aliphatic heterocycles. The molecule has 0 saturated carbocycles. The van der Waals surface area contributed by atoms with Crippen molar-refractivity contribution in [2.24, 2.45) is 0 Å². The zero-order chi connectivity index (χ0) is 18.0. The number of carbonyl (C=O) groups excluding carboxylic acids is 2. The number of carbonyl (C=O) groups is 2. The van der Waals surface area contributed by atoms with E-state index in [0.29, 0.717) is 11.4 Å². The SMILES string of the molecule is Cc1csc(=O)n1CC(=O)O[C@@H](C)C(=O)Nc1ccc2c(c1)CCC2. The number of nitrogens with zero attached hydrogens (tertiary/aromatic N) is 1. The molecule has 0 radical (unpaired) electrons. The maximum absolute atomic E-state index is 12.2. The number of nitrogens with one attached hydrogen (secondary N) is 1. The minimum absolute atomic E-state index is 0.190. The lowest BCUT2D eigenvalue weighted by molar-refractivity contribution is -0.153. The molecule has 1 amide bonds. The summed E-state index contributed by atoms with van der Waals surface area (Å²) >= 11 is 1.03. The maximum Gasteiger partial charge on any atom is 0.326 e. The fourth-order valence-electron chi connectivity index (χ4n) is 2.91. The first kappa shape index (κ1) is 17.4. The van der Waals surface area contributed by atoms with Gasteiger partial charge in [-0.2, -0.15) is 0 Å². The average Bonchev–Trinajstić information content (AvgIpc) is 3.15. The van der Waals surface area contributed by atoms with Crippen LogP contribution in [0.1, 0.15) is 30.2 Å². The molecule has 0 fully saturated rings. The molecule has 132 valence electrons. The van der Waals surface area contributed by atoms with Gasteiger partial charge < -0.3 is 10.1 Å². The molecule has 7 heteroatoms. The summed E-state index contributed by atoms with van der Waals surface area (Å²) < 4.78 is 6.49. The van der Waals surface area contributed by atoms with Crippen LogP contribution in [0, 0.1) is 6.92 Å². The van der Waals surface area contributed by atoms with Gasteiger partial charge in [0.05, 0.1) is 0 Å². The smallest absolute Gasteiger partial charge is 0.326 e. The molecule has 1 N–H and O–H groups in total. The number of esters is 1. The number of hydrogen-bond acceptors (Lipinski definition) is 5. The highest BCUT2D eigenvalue weighted by atomic mass is 32.1. The third kappa shape index (κ3) is 3.99. The Kier molecular flexibility index (Phi) is 5.03. The first-order chi connectivity index (χ1) is 11.9. The van der Waals surface area contributed by atoms with E-state index >= 15 is 0 Å². The van der Waals surface area contributed by atoms with E-state index in [9.17, 15) is 14.4 Å². The first-order valence-corrected chi connectivity index (χ1v) is 9.09. The van der Waals surface area contributed by atoms with Crippen LogP contribution in [0.2, 0.25) is 0 Å². The van der Waals surface area contributed by atoms with Gasteiger partial charge in [-0.1, -0.05) is 17.4 Å². The number of benzene rings is 1. The minimum atomic E-state index is -0.935. The Bertz CT molecular complexity index is 868. The number of aryl methyl sites for hydroxylation is 3. The molecule has 1 aliphatic carbocycles. The van der Waals surface area contributed by atoms with E-state index in [1.807, 2.05) is 18.2 Å². The van der Waals surface area contributed by atoms with Gasteiger partial charge in [0.25, 0.3) is 5.91 Å². The molecule has 1 aromatic carbocycles. The molecule has 1 atom stereocenters. The number of rotatable bonds is 5. The molecule has 0 saturated heterocycles. The van der Waals surface area contributed by atoms with Crippen molar-refractivity contribution in [3.05, 3.63) is 50.1 Å². The fraction of sp³-hybridized carbons (Fsp3) is 0.389. The van der Waals surface area contributed by atoms with Crippen molar-refractivity contribution in [2.75, 3.05) is 5.32 Å². The van der Waals surface area contributed by atoms with E-state index < -0.39 is 12.1 Å². The standard InChI is InChI=1S/C18H20N2O4S/c1-11-10-25-18(23)20(11)9-16(21)24-12(2)17(22)19-15-7-6-13-4-3-5-14(13)8-15/h6-8,10,12H,3-5,9H2,1-2H3,(H,19,22)/t12-/m0/s1. The molecule has 1 aromatic heterocycles. The highest BCUT2D eigenvalue weighted by Gasteiger charge is 2.20. The molecule has 0 spiro atoms. The summed E-state index contributed by atoms with van der Waals surface area (Å²) in [4.78, 5) is 35.6. The van der Waals surface area contributed by atoms with Crippen molar-refractivity contribution >= 4 is 28.9 Å². The maximum atomic E-state index is 12.2. The van der Waals surface area contributed by atoms with E-state index in [4.69, 9.17) is 4.74 Å². The van der Waals surface area contributed by atoms with Crippen LogP contribution in [0.5, 0.6) is 0 Å². The Morgan fingerprint density at radius 1 is 1.32 bits per heavy atom. The van der Waals surface area contributed by atoms with Crippen LogP contribution >= 0.6 is 11.3 Å². The number of fused-ring (bicyclic) bond motifs is 1. The van der Waals surface area contributed by atoms with Gasteiger partial charge in [0.2, 0.25) is 0 Å². The van der Waals surface area contributed by atoms with E-state index in [0.717, 1.165) is 30.6 Å². The number of aromatic nitrogens is 1. The van der Waals surface area contributed by atoms with Gasteiger partial charge in [-0.05, 0) is 56.4 Å². The zero-order valence-electron chi connectivity index (χ0n) is 14.2. The van der Waals surface area contributed by atoms with Crippen molar-refractivity contribution in [3.8, 4) is 0 Å². The van der Waals surface area contributed by atoms with E-state index in [1.54, 1.807) is 12.3 Å². The Balaban J connectivity index is 1.57. The molecular weight excluding hydrogens is 340 g/mol. The van der Waals surface area contributed by atoms with Gasteiger partial charge in [0.15, 0.2) is 6.10 Å². The molecule has 1 heterocycles. The normalized spacial score (nSPS) is 14.0. The number of ether oxygens (including phenoxy) is 1. The third-order valence-corrected chi connectivity index (χ3v) is 5.19. The minimum Gasteiger partial charge on any atom is -0.451 e. The van der Waals surface area contributed by atoms with Crippen molar-refractivity contribution in [1.29, 1.82) is 0 Å². The quantitative estimate of drug-likeness (QED) is 0.830. The number of anilines is 1. The van der Waals surface area contributed by atoms with Crippen LogP contribution in [0.25, 0.3) is 0 Å². The van der Waals surface area contributed by atoms with Crippen LogP contribution in [0.3, 0.4) is 0 Å². The van der Waals surface area contributed by atoms with E-state index in [1.165, 1.54) is 22.6 Å². The highest BCUT2D eigenvalue weighted by molar-refractivity contribution is 7.07. The van der Waals surface area contributed by atoms with Gasteiger partial charge in [-0.15, -0.1) is 0 Å². The number of amides is 1. The second-order valence-corrected chi connectivity index (χ2v) is 7.01. The summed E-state index contributed by atoms with van der Waals surface area (Å²) in [6, 6.07) is 5.87. The second kappa shape index (κ2) is 7.23. The van der Waals surface area contributed by atoms with Gasteiger partial charge in [0, 0.05) is 16.8 Å². The summed E-state index contributed by atoms with van der Waals surface area (Å²) in [6.45, 7) is 3.07. The second-order valence-electron chi connectivity index (χ2n) is 6.19. The molecule has 0 unspecified atom stereocenters. The van der Waals surface area contributed by atoms with Crippen molar-refractivity contribution in [3.63, 3.8) is 0 Å². The first-order valence-electron chi connectivity index (χ1n) is 8.21. The van der Waals surface area contributed by atoms with Gasteiger partial charge in [0.1, 0.15) is 6.54 Å². The average molecular weight is 360 g/mol. The van der Waals surface area contributed by atoms with E-state index in [-0.39, 0.29) is 17.3 Å². The lowest BCUT2D eigenvalue weighted by atomic mass is 10.1. The van der Waals surface area contributed by atoms with Crippen molar-refractivity contribution < 1.29 is 14.3 Å².